The highest BCUT2D eigenvalue weighted by molar-refractivity contribution is 7.92. The summed E-state index contributed by atoms with van der Waals surface area (Å²) in [5.74, 6) is -1.87. The van der Waals surface area contributed by atoms with Gasteiger partial charge >= 0.3 is 0 Å². The maximum Gasteiger partial charge on any atom is 0.273 e. The van der Waals surface area contributed by atoms with E-state index in [2.05, 4.69) is 5.32 Å². The third-order valence-electron chi connectivity index (χ3n) is 8.92. The Morgan fingerprint density at radius 2 is 1.71 bits per heavy atom. The van der Waals surface area contributed by atoms with E-state index in [0.29, 0.717) is 0 Å². The van der Waals surface area contributed by atoms with Gasteiger partial charge in [-0.1, -0.05) is 79.0 Å². The topological polar surface area (TPSA) is 139 Å². The Kier molecular flexibility index (Phi) is 11.9. The van der Waals surface area contributed by atoms with Crippen molar-refractivity contribution >= 4 is 44.8 Å². The summed E-state index contributed by atoms with van der Waals surface area (Å²) < 4.78 is 50.4. The Labute approximate surface area is 301 Å². The molecule has 0 heterocycles. The predicted molar refractivity (Wildman–Crippen MR) is 192 cm³/mol. The van der Waals surface area contributed by atoms with Crippen molar-refractivity contribution in [2.75, 3.05) is 18.0 Å². The van der Waals surface area contributed by atoms with Crippen molar-refractivity contribution in [3.8, 4) is 5.75 Å². The summed E-state index contributed by atoms with van der Waals surface area (Å²) in [5, 5.41) is 15.0. The smallest absolute Gasteiger partial charge is 0.273 e. The molecule has 1 fully saturated rings. The molecular formula is C37H38ClFN4O7S. The average Bonchev–Trinajstić information content (AvgIpc) is 3.62. The monoisotopic (exact) mass is 736 g/mol. The van der Waals surface area contributed by atoms with Crippen LogP contribution in [-0.2, 0) is 32.6 Å². The second kappa shape index (κ2) is 16.3. The number of ether oxygens (including phenoxy) is 1. The molecule has 0 unspecified atom stereocenters. The van der Waals surface area contributed by atoms with E-state index in [1.54, 1.807) is 30.3 Å². The highest BCUT2D eigenvalue weighted by Crippen LogP contribution is 2.36. The number of nitro groups is 1. The maximum atomic E-state index is 15.2. The number of carbonyl (C=O) groups excluding carboxylic acids is 2. The zero-order valence-electron chi connectivity index (χ0n) is 28.1. The number of aryl methyl sites for hydroxylation is 1. The van der Waals surface area contributed by atoms with Crippen LogP contribution in [0.3, 0.4) is 0 Å². The minimum Gasteiger partial charge on any atom is -0.495 e. The van der Waals surface area contributed by atoms with Crippen molar-refractivity contribution in [1.29, 1.82) is 0 Å². The van der Waals surface area contributed by atoms with Crippen LogP contribution in [0.5, 0.6) is 5.75 Å². The van der Waals surface area contributed by atoms with Crippen LogP contribution >= 0.6 is 11.6 Å². The molecule has 1 saturated carbocycles. The first-order valence-corrected chi connectivity index (χ1v) is 18.2. The summed E-state index contributed by atoms with van der Waals surface area (Å²) in [7, 11) is -3.43. The number of sulfonamides is 1. The van der Waals surface area contributed by atoms with Crippen LogP contribution in [0.25, 0.3) is 0 Å². The van der Waals surface area contributed by atoms with E-state index in [4.69, 9.17) is 16.3 Å². The lowest BCUT2D eigenvalue weighted by atomic mass is 10.0. The number of nitro benzene ring substituents is 1. The molecule has 0 saturated heterocycles. The van der Waals surface area contributed by atoms with E-state index >= 15 is 4.39 Å². The lowest BCUT2D eigenvalue weighted by Gasteiger charge is -2.34. The van der Waals surface area contributed by atoms with Gasteiger partial charge in [-0.05, 0) is 55.7 Å². The van der Waals surface area contributed by atoms with Gasteiger partial charge in [0.1, 0.15) is 24.2 Å². The fraction of sp³-hybridized carbons (Fsp3) is 0.297. The third kappa shape index (κ3) is 8.84. The van der Waals surface area contributed by atoms with Gasteiger partial charge < -0.3 is 15.0 Å². The summed E-state index contributed by atoms with van der Waals surface area (Å²) >= 11 is 6.33. The molecule has 5 rings (SSSR count). The third-order valence-corrected chi connectivity index (χ3v) is 10.9. The first-order chi connectivity index (χ1) is 24.4. The van der Waals surface area contributed by atoms with Crippen LogP contribution in [0.4, 0.5) is 15.8 Å². The number of hydrogen-bond donors (Lipinski definition) is 1. The lowest BCUT2D eigenvalue weighted by Crippen LogP contribution is -2.54. The van der Waals surface area contributed by atoms with Crippen LogP contribution in [-0.4, -0.2) is 55.8 Å². The highest BCUT2D eigenvalue weighted by atomic mass is 35.5. The maximum absolute atomic E-state index is 15.2. The van der Waals surface area contributed by atoms with Crippen molar-refractivity contribution in [2.45, 2.75) is 62.6 Å². The first-order valence-electron chi connectivity index (χ1n) is 16.4. The van der Waals surface area contributed by atoms with Gasteiger partial charge in [0.25, 0.3) is 15.7 Å². The largest absolute Gasteiger partial charge is 0.495 e. The molecule has 268 valence electrons. The van der Waals surface area contributed by atoms with Crippen LogP contribution in [0.15, 0.2) is 95.9 Å². The first kappa shape index (κ1) is 37.3. The molecule has 0 radical (unpaired) electrons. The predicted octanol–water partition coefficient (Wildman–Crippen LogP) is 6.60. The van der Waals surface area contributed by atoms with Gasteiger partial charge in [0, 0.05) is 41.2 Å². The summed E-state index contributed by atoms with van der Waals surface area (Å²) in [6.07, 6.45) is 3.48. The molecule has 1 N–H and O–H groups in total. The molecule has 0 spiro atoms. The summed E-state index contributed by atoms with van der Waals surface area (Å²) in [4.78, 5) is 40.7. The van der Waals surface area contributed by atoms with Crippen molar-refractivity contribution in [1.82, 2.24) is 10.2 Å². The average molecular weight is 737 g/mol. The number of rotatable bonds is 14. The Bertz CT molecular complexity index is 2010. The van der Waals surface area contributed by atoms with E-state index in [1.165, 1.54) is 67.5 Å². The molecule has 4 aromatic carbocycles. The van der Waals surface area contributed by atoms with Gasteiger partial charge in [-0.3, -0.25) is 24.0 Å². The van der Waals surface area contributed by atoms with Gasteiger partial charge in [-0.15, -0.1) is 0 Å². The molecule has 1 atom stereocenters. The SMILES string of the molecule is COc1ccc(Cl)cc1N(CC(=O)N(Cc1ccccc1F)[C@@H](Cc1ccccc1)C(=O)NC1CCCC1)S(=O)(=O)c1ccc(C)c([N+](=O)[O-])c1. The van der Waals surface area contributed by atoms with E-state index in [1.807, 2.05) is 6.07 Å². The molecule has 1 aliphatic carbocycles. The van der Waals surface area contributed by atoms with Crippen LogP contribution in [0.1, 0.15) is 42.4 Å². The lowest BCUT2D eigenvalue weighted by molar-refractivity contribution is -0.385. The number of amides is 2. The van der Waals surface area contributed by atoms with Gasteiger partial charge in [-0.2, -0.15) is 0 Å². The molecule has 0 bridgehead atoms. The van der Waals surface area contributed by atoms with E-state index in [-0.39, 0.29) is 46.6 Å². The van der Waals surface area contributed by atoms with Crippen molar-refractivity contribution in [3.05, 3.63) is 129 Å². The molecule has 51 heavy (non-hydrogen) atoms. The van der Waals surface area contributed by atoms with E-state index < -0.39 is 55.7 Å². The van der Waals surface area contributed by atoms with Crippen molar-refractivity contribution in [3.63, 3.8) is 0 Å². The zero-order chi connectivity index (χ0) is 36.7. The number of anilines is 1. The van der Waals surface area contributed by atoms with Crippen LogP contribution < -0.4 is 14.4 Å². The fourth-order valence-electron chi connectivity index (χ4n) is 6.18. The zero-order valence-corrected chi connectivity index (χ0v) is 29.7. The Balaban J connectivity index is 1.64. The molecule has 0 aromatic heterocycles. The Morgan fingerprint density at radius 1 is 1.02 bits per heavy atom. The number of nitrogens with one attached hydrogen (secondary N) is 1. The second-order valence-corrected chi connectivity index (χ2v) is 14.6. The standard InChI is InChI=1S/C37H38ClFN4O7S/c1-25-16-18-30(22-32(25)43(46)47)51(48,49)42(33-21-28(38)17-19-35(33)50-2)24-36(44)41(23-27-12-6-9-15-31(27)39)34(20-26-10-4-3-5-11-26)37(45)40-29-13-7-8-14-29/h3-6,9-12,15-19,21-22,29,34H,7-8,13-14,20,23-24H2,1-2H3,(H,40,45)/t34-/m0/s1. The van der Waals surface area contributed by atoms with Crippen molar-refractivity contribution in [2.24, 2.45) is 0 Å². The van der Waals surface area contributed by atoms with E-state index in [9.17, 15) is 28.1 Å². The Hall–Kier alpha value is -5.01. The molecule has 14 heteroatoms. The number of methoxy groups -OCH3 is 1. The number of hydrogen-bond acceptors (Lipinski definition) is 7. The molecule has 11 nitrogen and oxygen atoms in total. The number of benzene rings is 4. The van der Waals surface area contributed by atoms with Gasteiger partial charge in [0.2, 0.25) is 11.8 Å². The highest BCUT2D eigenvalue weighted by Gasteiger charge is 2.37. The minimum absolute atomic E-state index is 0.0397. The van der Waals surface area contributed by atoms with Gasteiger partial charge in [0.15, 0.2) is 0 Å². The van der Waals surface area contributed by atoms with Crippen molar-refractivity contribution < 1.29 is 32.1 Å². The number of nitrogens with zero attached hydrogens (tertiary/aromatic N) is 3. The molecule has 4 aromatic rings. The van der Waals surface area contributed by atoms with Gasteiger partial charge in [-0.25, -0.2) is 12.8 Å². The summed E-state index contributed by atoms with van der Waals surface area (Å²) in [5.41, 5.74) is 0.510. The summed E-state index contributed by atoms with van der Waals surface area (Å²) in [6.45, 7) is 0.217. The van der Waals surface area contributed by atoms with Gasteiger partial charge in [0.05, 0.1) is 22.6 Å². The molecular weight excluding hydrogens is 699 g/mol. The molecule has 2 amide bonds. The molecule has 0 aliphatic heterocycles. The van der Waals surface area contributed by atoms with Crippen LogP contribution in [0.2, 0.25) is 5.02 Å². The second-order valence-electron chi connectivity index (χ2n) is 12.3. The Morgan fingerprint density at radius 3 is 2.37 bits per heavy atom. The molecule has 1 aliphatic rings. The quantitative estimate of drug-likeness (QED) is 0.114. The van der Waals surface area contributed by atoms with E-state index in [0.717, 1.165) is 41.6 Å². The number of carbonyl (C=O) groups is 2. The minimum atomic E-state index is -4.74. The number of halogens is 2. The normalized spacial score (nSPS) is 13.7. The van der Waals surface area contributed by atoms with Crippen LogP contribution in [0, 0.1) is 22.9 Å². The fourth-order valence-corrected chi connectivity index (χ4v) is 7.78. The summed E-state index contributed by atoms with van der Waals surface area (Å²) in [6, 6.07) is 21.2.